The monoisotopic (exact) mass is 241 g/mol. The first-order valence-corrected chi connectivity index (χ1v) is 5.72. The van der Waals surface area contributed by atoms with Gasteiger partial charge in [-0.05, 0) is 35.4 Å². The Labute approximate surface area is 99.8 Å². The van der Waals surface area contributed by atoms with Crippen molar-refractivity contribution >= 4 is 0 Å². The van der Waals surface area contributed by atoms with Crippen molar-refractivity contribution in [1.29, 1.82) is 0 Å². The fraction of sp³-hybridized carbons (Fsp3) is 0.538. The van der Waals surface area contributed by atoms with E-state index in [1.165, 1.54) is 0 Å². The molecule has 1 aromatic rings. The maximum Gasteiger partial charge on any atom is 0.387 e. The Morgan fingerprint density at radius 3 is 2.53 bits per heavy atom. The zero-order chi connectivity index (χ0) is 12.6. The summed E-state index contributed by atoms with van der Waals surface area (Å²) in [5.74, 6) is 0.823. The Hall–Kier alpha value is -1.16. The molecule has 1 fully saturated rings. The normalized spacial score (nSPS) is 26.0. The molecule has 1 aliphatic rings. The van der Waals surface area contributed by atoms with Crippen LogP contribution >= 0.6 is 0 Å². The molecule has 0 aliphatic heterocycles. The summed E-state index contributed by atoms with van der Waals surface area (Å²) in [6, 6.07) is 6.98. The topological polar surface area (TPSA) is 35.2 Å². The Bertz CT molecular complexity index is 406. The molecule has 1 aromatic carbocycles. The number of alkyl halides is 2. The van der Waals surface area contributed by atoms with Gasteiger partial charge in [-0.15, -0.1) is 0 Å². The average molecular weight is 241 g/mol. The highest BCUT2D eigenvalue weighted by atomic mass is 19.3. The van der Waals surface area contributed by atoms with Crippen molar-refractivity contribution in [3.05, 3.63) is 29.8 Å². The lowest BCUT2D eigenvalue weighted by Gasteiger charge is -2.11. The number of hydrogen-bond acceptors (Lipinski definition) is 2. The molecule has 0 amide bonds. The van der Waals surface area contributed by atoms with E-state index in [2.05, 4.69) is 18.6 Å². The van der Waals surface area contributed by atoms with Crippen LogP contribution in [-0.4, -0.2) is 13.2 Å². The number of nitrogens with two attached hydrogens (primary N) is 1. The van der Waals surface area contributed by atoms with Crippen molar-refractivity contribution in [2.45, 2.75) is 26.4 Å². The van der Waals surface area contributed by atoms with Gasteiger partial charge in [0.2, 0.25) is 0 Å². The molecule has 17 heavy (non-hydrogen) atoms. The van der Waals surface area contributed by atoms with Gasteiger partial charge in [-0.3, -0.25) is 0 Å². The van der Waals surface area contributed by atoms with Gasteiger partial charge in [0, 0.05) is 0 Å². The van der Waals surface area contributed by atoms with Crippen LogP contribution in [0.25, 0.3) is 0 Å². The lowest BCUT2D eigenvalue weighted by Crippen LogP contribution is -2.06. The summed E-state index contributed by atoms with van der Waals surface area (Å²) in [4.78, 5) is 0. The van der Waals surface area contributed by atoms with Crippen molar-refractivity contribution < 1.29 is 13.5 Å². The highest BCUT2D eigenvalue weighted by Crippen LogP contribution is 2.65. The third kappa shape index (κ3) is 2.14. The van der Waals surface area contributed by atoms with Crippen LogP contribution in [0.4, 0.5) is 8.78 Å². The number of rotatable bonds is 4. The highest BCUT2D eigenvalue weighted by Gasteiger charge is 2.58. The van der Waals surface area contributed by atoms with Crippen molar-refractivity contribution in [1.82, 2.24) is 0 Å². The molecule has 2 nitrogen and oxygen atoms in total. The molecule has 2 unspecified atom stereocenters. The molecule has 0 spiro atoms. The van der Waals surface area contributed by atoms with Crippen LogP contribution in [0.5, 0.6) is 5.75 Å². The van der Waals surface area contributed by atoms with Crippen LogP contribution in [0.15, 0.2) is 24.3 Å². The van der Waals surface area contributed by atoms with Crippen LogP contribution in [0.1, 0.15) is 25.3 Å². The number of hydrogen-bond donors (Lipinski definition) is 1. The van der Waals surface area contributed by atoms with E-state index >= 15 is 0 Å². The second-order valence-electron chi connectivity index (χ2n) is 5.06. The number of benzene rings is 1. The summed E-state index contributed by atoms with van der Waals surface area (Å²) in [5.41, 5.74) is 6.61. The van der Waals surface area contributed by atoms with E-state index in [0.717, 1.165) is 5.56 Å². The molecule has 94 valence electrons. The first-order valence-electron chi connectivity index (χ1n) is 5.72. The van der Waals surface area contributed by atoms with Crippen molar-refractivity contribution in [2.75, 3.05) is 6.54 Å². The van der Waals surface area contributed by atoms with E-state index in [4.69, 9.17) is 5.73 Å². The van der Waals surface area contributed by atoms with Crippen LogP contribution in [0.3, 0.4) is 0 Å². The Balaban J connectivity index is 2.28. The Kier molecular flexibility index (Phi) is 3.08. The predicted molar refractivity (Wildman–Crippen MR) is 62.1 cm³/mol. The maximum atomic E-state index is 12.3. The average Bonchev–Trinajstić information content (AvgIpc) is 2.80. The van der Waals surface area contributed by atoms with Gasteiger partial charge in [-0.25, -0.2) is 0 Å². The number of halogens is 2. The SMILES string of the molecule is CC1(C)C(CN)C1c1ccccc1OC(F)F. The lowest BCUT2D eigenvalue weighted by atomic mass is 10.0. The van der Waals surface area contributed by atoms with Crippen LogP contribution in [0, 0.1) is 11.3 Å². The quantitative estimate of drug-likeness (QED) is 0.879. The highest BCUT2D eigenvalue weighted by molar-refractivity contribution is 5.42. The van der Waals surface area contributed by atoms with Gasteiger partial charge >= 0.3 is 6.61 Å². The molecule has 1 aliphatic carbocycles. The number of ether oxygens (including phenoxy) is 1. The molecule has 4 heteroatoms. The van der Waals surface area contributed by atoms with Gasteiger partial charge in [-0.1, -0.05) is 32.0 Å². The van der Waals surface area contributed by atoms with Crippen molar-refractivity contribution in [2.24, 2.45) is 17.1 Å². The van der Waals surface area contributed by atoms with Gasteiger partial charge in [0.15, 0.2) is 0 Å². The molecule has 0 bridgehead atoms. The molecule has 0 saturated heterocycles. The minimum absolute atomic E-state index is 0.0658. The van der Waals surface area contributed by atoms with Crippen molar-refractivity contribution in [3.63, 3.8) is 0 Å². The van der Waals surface area contributed by atoms with E-state index in [9.17, 15) is 8.78 Å². The van der Waals surface area contributed by atoms with E-state index in [1.54, 1.807) is 12.1 Å². The first kappa shape index (κ1) is 12.3. The zero-order valence-electron chi connectivity index (χ0n) is 9.99. The molecule has 0 heterocycles. The molecule has 1 saturated carbocycles. The summed E-state index contributed by atoms with van der Waals surface area (Å²) >= 11 is 0. The van der Waals surface area contributed by atoms with Gasteiger partial charge < -0.3 is 10.5 Å². The molecule has 0 aromatic heterocycles. The number of para-hydroxylation sites is 1. The van der Waals surface area contributed by atoms with Crippen molar-refractivity contribution in [3.8, 4) is 5.75 Å². The Morgan fingerprint density at radius 2 is 2.00 bits per heavy atom. The standard InChI is InChI=1S/C13H17F2NO/c1-13(2)9(7-16)11(13)8-5-3-4-6-10(8)17-12(14)15/h3-6,9,11-12H,7,16H2,1-2H3. The molecular weight excluding hydrogens is 224 g/mol. The van der Waals surface area contributed by atoms with Crippen LogP contribution < -0.4 is 10.5 Å². The second kappa shape index (κ2) is 4.26. The smallest absolute Gasteiger partial charge is 0.387 e. The van der Waals surface area contributed by atoms with E-state index in [0.29, 0.717) is 12.5 Å². The fourth-order valence-electron chi connectivity index (χ4n) is 2.74. The summed E-state index contributed by atoms with van der Waals surface area (Å²) in [7, 11) is 0. The summed E-state index contributed by atoms with van der Waals surface area (Å²) in [6.07, 6.45) is 0. The second-order valence-corrected chi connectivity index (χ2v) is 5.06. The van der Waals surface area contributed by atoms with Gasteiger partial charge in [0.25, 0.3) is 0 Å². The van der Waals surface area contributed by atoms with Gasteiger partial charge in [0.1, 0.15) is 5.75 Å². The first-order chi connectivity index (χ1) is 7.98. The fourth-order valence-corrected chi connectivity index (χ4v) is 2.74. The molecular formula is C13H17F2NO. The minimum atomic E-state index is -2.78. The van der Waals surface area contributed by atoms with E-state index in [-0.39, 0.29) is 17.1 Å². The summed E-state index contributed by atoms with van der Waals surface area (Å²) in [6.45, 7) is 2.00. The van der Waals surface area contributed by atoms with E-state index in [1.807, 2.05) is 12.1 Å². The third-order valence-corrected chi connectivity index (χ3v) is 3.77. The molecule has 0 radical (unpaired) electrons. The maximum absolute atomic E-state index is 12.3. The molecule has 2 N–H and O–H groups in total. The van der Waals surface area contributed by atoms with Crippen LogP contribution in [-0.2, 0) is 0 Å². The lowest BCUT2D eigenvalue weighted by molar-refractivity contribution is -0.0505. The van der Waals surface area contributed by atoms with Gasteiger partial charge in [-0.2, -0.15) is 8.78 Å². The minimum Gasteiger partial charge on any atom is -0.435 e. The van der Waals surface area contributed by atoms with Gasteiger partial charge in [0.05, 0.1) is 0 Å². The summed E-state index contributed by atoms with van der Waals surface area (Å²) < 4.78 is 29.2. The van der Waals surface area contributed by atoms with Crippen LogP contribution in [0.2, 0.25) is 0 Å². The molecule has 2 rings (SSSR count). The predicted octanol–water partition coefficient (Wildman–Crippen LogP) is 2.99. The van der Waals surface area contributed by atoms with E-state index < -0.39 is 6.61 Å². The summed E-state index contributed by atoms with van der Waals surface area (Å²) in [5, 5.41) is 0. The zero-order valence-corrected chi connectivity index (χ0v) is 9.99. The molecule has 2 atom stereocenters. The third-order valence-electron chi connectivity index (χ3n) is 3.77. The Morgan fingerprint density at radius 1 is 1.35 bits per heavy atom. The largest absolute Gasteiger partial charge is 0.435 e.